The number of benzene rings is 1. The number of rotatable bonds is 4. The quantitative estimate of drug-likeness (QED) is 0.920. The highest BCUT2D eigenvalue weighted by molar-refractivity contribution is 7.10. The second-order valence-corrected chi connectivity index (χ2v) is 7.51. The minimum atomic E-state index is 0.103. The molecule has 0 unspecified atom stereocenters. The van der Waals surface area contributed by atoms with Crippen molar-refractivity contribution < 1.29 is 4.79 Å². The standard InChI is InChI=1S/C19H22N2OS/c22-19(20-16-9-8-14-4-1-5-15(14)12-16)13-21-10-2-6-17(21)18-7-3-11-23-18/h3,7-9,11-12,17H,1-2,4-6,10,13H2,(H,20,22)/t17-/m0/s1. The van der Waals surface area contributed by atoms with E-state index in [0.717, 1.165) is 25.1 Å². The van der Waals surface area contributed by atoms with E-state index in [1.807, 2.05) is 6.07 Å². The normalized spacial score (nSPS) is 20.6. The van der Waals surface area contributed by atoms with Gasteiger partial charge in [-0.25, -0.2) is 0 Å². The van der Waals surface area contributed by atoms with E-state index in [9.17, 15) is 4.79 Å². The Bertz CT molecular complexity index is 695. The van der Waals surface area contributed by atoms with Gasteiger partial charge in [0.05, 0.1) is 6.54 Å². The van der Waals surface area contributed by atoms with Crippen LogP contribution in [0.1, 0.15) is 41.3 Å². The zero-order chi connectivity index (χ0) is 15.6. The highest BCUT2D eigenvalue weighted by Crippen LogP contribution is 2.34. The van der Waals surface area contributed by atoms with E-state index in [4.69, 9.17) is 0 Å². The average Bonchev–Trinajstić information content (AvgIpc) is 3.27. The molecule has 2 heterocycles. The van der Waals surface area contributed by atoms with Crippen molar-refractivity contribution in [3.63, 3.8) is 0 Å². The van der Waals surface area contributed by atoms with Gasteiger partial charge in [0, 0.05) is 16.6 Å². The number of hydrogen-bond donors (Lipinski definition) is 1. The van der Waals surface area contributed by atoms with Gasteiger partial charge in [0.2, 0.25) is 5.91 Å². The number of amides is 1. The molecule has 0 bridgehead atoms. The Labute approximate surface area is 141 Å². The predicted molar refractivity (Wildman–Crippen MR) is 95.0 cm³/mol. The van der Waals surface area contributed by atoms with Crippen LogP contribution in [0.15, 0.2) is 35.7 Å². The van der Waals surface area contributed by atoms with Crippen LogP contribution in [-0.4, -0.2) is 23.9 Å². The third-order valence-electron chi connectivity index (χ3n) is 4.96. The van der Waals surface area contributed by atoms with Crippen LogP contribution < -0.4 is 5.32 Å². The molecule has 4 heteroatoms. The van der Waals surface area contributed by atoms with Crippen molar-refractivity contribution in [3.8, 4) is 0 Å². The molecule has 0 spiro atoms. The minimum absolute atomic E-state index is 0.103. The number of thiophene rings is 1. The summed E-state index contributed by atoms with van der Waals surface area (Å²) in [7, 11) is 0. The Balaban J connectivity index is 1.40. The molecule has 4 rings (SSSR count). The minimum Gasteiger partial charge on any atom is -0.325 e. The van der Waals surface area contributed by atoms with E-state index in [2.05, 4.69) is 39.9 Å². The lowest BCUT2D eigenvalue weighted by Crippen LogP contribution is -2.32. The molecule has 1 amide bonds. The molecular formula is C19H22N2OS. The molecule has 120 valence electrons. The number of carbonyl (C=O) groups excluding carboxylic acids is 1. The van der Waals surface area contributed by atoms with Crippen LogP contribution in [-0.2, 0) is 17.6 Å². The second-order valence-electron chi connectivity index (χ2n) is 6.53. The van der Waals surface area contributed by atoms with E-state index in [1.54, 1.807) is 11.3 Å². The number of hydrogen-bond acceptors (Lipinski definition) is 3. The van der Waals surface area contributed by atoms with E-state index in [-0.39, 0.29) is 5.91 Å². The molecule has 3 nitrogen and oxygen atoms in total. The maximum absolute atomic E-state index is 12.4. The van der Waals surface area contributed by atoms with Crippen LogP contribution in [0.25, 0.3) is 0 Å². The molecule has 0 radical (unpaired) electrons. The monoisotopic (exact) mass is 326 g/mol. The fourth-order valence-electron chi connectivity index (χ4n) is 3.85. The van der Waals surface area contributed by atoms with Crippen molar-refractivity contribution in [2.24, 2.45) is 0 Å². The highest BCUT2D eigenvalue weighted by atomic mass is 32.1. The van der Waals surface area contributed by atoms with Crippen LogP contribution in [0.5, 0.6) is 0 Å². The maximum atomic E-state index is 12.4. The largest absolute Gasteiger partial charge is 0.325 e. The topological polar surface area (TPSA) is 32.3 Å². The van der Waals surface area contributed by atoms with Crippen LogP contribution in [0.2, 0.25) is 0 Å². The molecular weight excluding hydrogens is 304 g/mol. The Morgan fingerprint density at radius 2 is 2.13 bits per heavy atom. The number of likely N-dealkylation sites (tertiary alicyclic amines) is 1. The van der Waals surface area contributed by atoms with Gasteiger partial charge in [-0.15, -0.1) is 11.3 Å². The van der Waals surface area contributed by atoms with Crippen molar-refractivity contribution in [2.75, 3.05) is 18.4 Å². The summed E-state index contributed by atoms with van der Waals surface area (Å²) in [5.74, 6) is 0.103. The van der Waals surface area contributed by atoms with E-state index >= 15 is 0 Å². The number of anilines is 1. The second kappa shape index (κ2) is 6.46. The lowest BCUT2D eigenvalue weighted by atomic mass is 10.1. The first-order valence-corrected chi connectivity index (χ1v) is 9.37. The molecule has 1 saturated heterocycles. The van der Waals surface area contributed by atoms with Gasteiger partial charge in [-0.2, -0.15) is 0 Å². The lowest BCUT2D eigenvalue weighted by molar-refractivity contribution is -0.117. The summed E-state index contributed by atoms with van der Waals surface area (Å²) in [6, 6.07) is 11.1. The van der Waals surface area contributed by atoms with E-state index in [0.29, 0.717) is 12.6 Å². The third kappa shape index (κ3) is 3.19. The molecule has 23 heavy (non-hydrogen) atoms. The number of carbonyl (C=O) groups is 1. The first-order chi connectivity index (χ1) is 11.3. The van der Waals surface area contributed by atoms with Crippen molar-refractivity contribution in [2.45, 2.75) is 38.1 Å². The van der Waals surface area contributed by atoms with Gasteiger partial charge in [0.15, 0.2) is 0 Å². The summed E-state index contributed by atoms with van der Waals surface area (Å²) in [6.45, 7) is 1.50. The number of fused-ring (bicyclic) bond motifs is 1. The lowest BCUT2D eigenvalue weighted by Gasteiger charge is -2.23. The summed E-state index contributed by atoms with van der Waals surface area (Å²) in [5, 5.41) is 5.21. The number of aryl methyl sites for hydroxylation is 2. The van der Waals surface area contributed by atoms with Gasteiger partial charge in [-0.05, 0) is 73.4 Å². The SMILES string of the molecule is O=C(CN1CCC[C@H]1c1cccs1)Nc1ccc2c(c1)CCC2. The molecule has 2 aromatic rings. The fraction of sp³-hybridized carbons (Fsp3) is 0.421. The van der Waals surface area contributed by atoms with Gasteiger partial charge in [-0.3, -0.25) is 9.69 Å². The van der Waals surface area contributed by atoms with Crippen molar-refractivity contribution in [1.82, 2.24) is 4.90 Å². The summed E-state index contributed by atoms with van der Waals surface area (Å²) in [5.41, 5.74) is 3.79. The molecule has 1 aromatic heterocycles. The van der Waals surface area contributed by atoms with Crippen molar-refractivity contribution in [3.05, 3.63) is 51.7 Å². The number of nitrogens with zero attached hydrogens (tertiary/aromatic N) is 1. The third-order valence-corrected chi connectivity index (χ3v) is 5.94. The smallest absolute Gasteiger partial charge is 0.238 e. The maximum Gasteiger partial charge on any atom is 0.238 e. The molecule has 1 atom stereocenters. The molecule has 0 saturated carbocycles. The Morgan fingerprint density at radius 1 is 1.22 bits per heavy atom. The van der Waals surface area contributed by atoms with Gasteiger partial charge in [0.1, 0.15) is 0 Å². The zero-order valence-corrected chi connectivity index (χ0v) is 14.1. The van der Waals surface area contributed by atoms with E-state index in [1.165, 1.54) is 35.3 Å². The van der Waals surface area contributed by atoms with Crippen LogP contribution in [0, 0.1) is 0 Å². The molecule has 1 aromatic carbocycles. The zero-order valence-electron chi connectivity index (χ0n) is 13.3. The van der Waals surface area contributed by atoms with Crippen LogP contribution in [0.4, 0.5) is 5.69 Å². The summed E-state index contributed by atoms with van der Waals surface area (Å²) >= 11 is 1.80. The first-order valence-electron chi connectivity index (χ1n) is 8.49. The fourth-order valence-corrected chi connectivity index (χ4v) is 4.75. The average molecular weight is 326 g/mol. The van der Waals surface area contributed by atoms with Gasteiger partial charge in [0.25, 0.3) is 0 Å². The molecule has 1 aliphatic carbocycles. The summed E-state index contributed by atoms with van der Waals surface area (Å²) < 4.78 is 0. The Kier molecular flexibility index (Phi) is 4.19. The molecule has 1 N–H and O–H groups in total. The molecule has 1 fully saturated rings. The number of nitrogens with one attached hydrogen (secondary N) is 1. The van der Waals surface area contributed by atoms with Crippen LogP contribution >= 0.6 is 11.3 Å². The predicted octanol–water partition coefficient (Wildman–Crippen LogP) is 4.01. The Hall–Kier alpha value is -1.65. The summed E-state index contributed by atoms with van der Waals surface area (Å²) in [4.78, 5) is 16.1. The van der Waals surface area contributed by atoms with Gasteiger partial charge in [-0.1, -0.05) is 12.1 Å². The highest BCUT2D eigenvalue weighted by Gasteiger charge is 2.28. The Morgan fingerprint density at radius 3 is 3.00 bits per heavy atom. The molecule has 1 aliphatic heterocycles. The first kappa shape index (κ1) is 14.9. The molecule has 2 aliphatic rings. The van der Waals surface area contributed by atoms with Gasteiger partial charge >= 0.3 is 0 Å². The van der Waals surface area contributed by atoms with Crippen molar-refractivity contribution in [1.29, 1.82) is 0 Å². The van der Waals surface area contributed by atoms with Crippen molar-refractivity contribution >= 4 is 22.9 Å². The van der Waals surface area contributed by atoms with Gasteiger partial charge < -0.3 is 5.32 Å². The van der Waals surface area contributed by atoms with E-state index < -0.39 is 0 Å². The van der Waals surface area contributed by atoms with Crippen LogP contribution in [0.3, 0.4) is 0 Å². The summed E-state index contributed by atoms with van der Waals surface area (Å²) in [6.07, 6.45) is 5.90.